The van der Waals surface area contributed by atoms with Crippen molar-refractivity contribution in [2.45, 2.75) is 70.8 Å². The molecule has 198 valence electrons. The second-order valence-electron chi connectivity index (χ2n) is 8.90. The summed E-state index contributed by atoms with van der Waals surface area (Å²) in [6.07, 6.45) is 10.4. The van der Waals surface area contributed by atoms with Crippen LogP contribution in [0.3, 0.4) is 0 Å². The minimum absolute atomic E-state index is 0.404. The molecule has 8 heteroatoms. The van der Waals surface area contributed by atoms with Crippen molar-refractivity contribution >= 4 is 51.3 Å². The average molecular weight is 572 g/mol. The van der Waals surface area contributed by atoms with E-state index in [-0.39, 0.29) is 0 Å². The number of unbranched alkanes of at least 4 members (excludes halogenated alkanes) is 6. The predicted molar refractivity (Wildman–Crippen MR) is 155 cm³/mol. The fourth-order valence-electron chi connectivity index (χ4n) is 3.89. The molecule has 0 aliphatic heterocycles. The number of methoxy groups -OCH3 is 1. The number of carbonyl (C=O) groups is 1. The SMILES string of the molecule is CCCCCCOc1cc(-c2ccc(/C=C(\CCCCCC[Si](Cl)(Cl)Cl)C(=O)O)cc2)ccc1OC. The number of benzene rings is 2. The normalized spacial score (nSPS) is 12.0. The van der Waals surface area contributed by atoms with Gasteiger partial charge in [0.2, 0.25) is 0 Å². The van der Waals surface area contributed by atoms with Gasteiger partial charge < -0.3 is 14.6 Å². The smallest absolute Gasteiger partial charge is 0.341 e. The fourth-order valence-corrected chi connectivity index (χ4v) is 5.74. The van der Waals surface area contributed by atoms with Crippen LogP contribution in [0.4, 0.5) is 0 Å². The Labute approximate surface area is 230 Å². The van der Waals surface area contributed by atoms with Crippen LogP contribution in [0.1, 0.15) is 70.3 Å². The van der Waals surface area contributed by atoms with Gasteiger partial charge in [0.1, 0.15) is 0 Å². The van der Waals surface area contributed by atoms with Crippen LogP contribution < -0.4 is 9.47 Å². The second kappa shape index (κ2) is 16.2. The van der Waals surface area contributed by atoms with Gasteiger partial charge >= 0.3 is 12.0 Å². The first-order valence-electron chi connectivity index (χ1n) is 12.7. The molecule has 0 amide bonds. The molecule has 2 aromatic carbocycles. The topological polar surface area (TPSA) is 55.8 Å². The average Bonchev–Trinajstić information content (AvgIpc) is 2.84. The van der Waals surface area contributed by atoms with Crippen molar-refractivity contribution in [1.82, 2.24) is 0 Å². The van der Waals surface area contributed by atoms with Crippen molar-refractivity contribution in [3.8, 4) is 22.6 Å². The number of aliphatic carboxylic acids is 1. The van der Waals surface area contributed by atoms with E-state index >= 15 is 0 Å². The number of ether oxygens (including phenoxy) is 2. The molecule has 0 bridgehead atoms. The molecule has 0 heterocycles. The van der Waals surface area contributed by atoms with Crippen molar-refractivity contribution in [2.24, 2.45) is 0 Å². The summed E-state index contributed by atoms with van der Waals surface area (Å²) >= 11 is 17.7. The highest BCUT2D eigenvalue weighted by atomic mass is 35.8. The van der Waals surface area contributed by atoms with E-state index in [0.29, 0.717) is 30.4 Å². The summed E-state index contributed by atoms with van der Waals surface area (Å²) in [4.78, 5) is 11.7. The standard InChI is InChI=1S/C28H37Cl3O4Si/c1-3-4-5-9-18-35-27-21-24(16-17-26(27)34-2)23-14-12-22(13-15-23)20-25(28(32)33)11-8-6-7-10-19-36(29,30)31/h12-17,20-21H,3-11,18-19H2,1-2H3,(H,32,33)/b25-20+. The quantitative estimate of drug-likeness (QED) is 0.0889. The van der Waals surface area contributed by atoms with Crippen LogP contribution in [0.15, 0.2) is 48.0 Å². The molecule has 2 rings (SSSR count). The van der Waals surface area contributed by atoms with E-state index in [2.05, 4.69) is 6.92 Å². The molecule has 0 saturated heterocycles. The Hall–Kier alpha value is -1.66. The first kappa shape index (κ1) is 30.6. The maximum atomic E-state index is 11.7. The minimum atomic E-state index is -2.56. The molecule has 0 aliphatic carbocycles. The number of hydrogen-bond donors (Lipinski definition) is 1. The van der Waals surface area contributed by atoms with Crippen LogP contribution in [0.5, 0.6) is 11.5 Å². The zero-order valence-electron chi connectivity index (χ0n) is 21.2. The molecule has 0 unspecified atom stereocenters. The largest absolute Gasteiger partial charge is 0.493 e. The monoisotopic (exact) mass is 570 g/mol. The summed E-state index contributed by atoms with van der Waals surface area (Å²) in [5, 5.41) is 9.63. The molecular weight excluding hydrogens is 535 g/mol. The van der Waals surface area contributed by atoms with Gasteiger partial charge in [0.25, 0.3) is 0 Å². The minimum Gasteiger partial charge on any atom is -0.493 e. The lowest BCUT2D eigenvalue weighted by Gasteiger charge is -2.13. The molecule has 0 spiro atoms. The molecule has 0 radical (unpaired) electrons. The third kappa shape index (κ3) is 11.6. The summed E-state index contributed by atoms with van der Waals surface area (Å²) in [7, 11) is 1.64. The van der Waals surface area contributed by atoms with Gasteiger partial charge in [-0.05, 0) is 60.2 Å². The first-order chi connectivity index (χ1) is 17.2. The number of carboxylic acid groups (broad SMARTS) is 1. The van der Waals surface area contributed by atoms with Gasteiger partial charge in [-0.3, -0.25) is 0 Å². The van der Waals surface area contributed by atoms with Gasteiger partial charge in [-0.2, -0.15) is 0 Å². The summed E-state index contributed by atoms with van der Waals surface area (Å²) < 4.78 is 11.5. The fraction of sp³-hybridized carbons (Fsp3) is 0.464. The molecule has 4 nitrogen and oxygen atoms in total. The Morgan fingerprint density at radius 1 is 0.889 bits per heavy atom. The summed E-state index contributed by atoms with van der Waals surface area (Å²) in [5.74, 6) is 0.567. The highest BCUT2D eigenvalue weighted by Gasteiger charge is 2.23. The Bertz CT molecular complexity index is 972. The van der Waals surface area contributed by atoms with E-state index in [1.54, 1.807) is 13.2 Å². The zero-order chi connectivity index (χ0) is 26.4. The van der Waals surface area contributed by atoms with Gasteiger partial charge in [0.15, 0.2) is 11.5 Å². The second-order valence-corrected chi connectivity index (χ2v) is 18.2. The van der Waals surface area contributed by atoms with E-state index in [9.17, 15) is 9.90 Å². The Balaban J connectivity index is 2.00. The van der Waals surface area contributed by atoms with Crippen LogP contribution in [0.25, 0.3) is 17.2 Å². The molecule has 0 atom stereocenters. The molecule has 1 N–H and O–H groups in total. The molecule has 2 aromatic rings. The molecule has 0 fully saturated rings. The van der Waals surface area contributed by atoms with E-state index in [1.807, 2.05) is 42.5 Å². The molecule has 0 aromatic heterocycles. The summed E-state index contributed by atoms with van der Waals surface area (Å²) in [6.45, 7) is 2.85. The Morgan fingerprint density at radius 3 is 2.19 bits per heavy atom. The number of hydrogen-bond acceptors (Lipinski definition) is 3. The highest BCUT2D eigenvalue weighted by Crippen LogP contribution is 2.33. The summed E-state index contributed by atoms with van der Waals surface area (Å²) in [6, 6.07) is 11.9. The molecular formula is C28H37Cl3O4Si. The maximum absolute atomic E-state index is 11.7. The Kier molecular flexibility index (Phi) is 13.8. The first-order valence-corrected chi connectivity index (χ1v) is 17.9. The van der Waals surface area contributed by atoms with Crippen molar-refractivity contribution in [3.05, 3.63) is 53.6 Å². The molecule has 36 heavy (non-hydrogen) atoms. The third-order valence-electron chi connectivity index (χ3n) is 5.94. The van der Waals surface area contributed by atoms with Gasteiger partial charge in [-0.1, -0.05) is 75.8 Å². The van der Waals surface area contributed by atoms with Crippen LogP contribution in [-0.2, 0) is 4.79 Å². The van der Waals surface area contributed by atoms with E-state index in [4.69, 9.17) is 42.7 Å². The van der Waals surface area contributed by atoms with E-state index in [0.717, 1.165) is 61.0 Å². The van der Waals surface area contributed by atoms with E-state index < -0.39 is 12.0 Å². The van der Waals surface area contributed by atoms with Crippen molar-refractivity contribution in [3.63, 3.8) is 0 Å². The molecule has 0 saturated carbocycles. The lowest BCUT2D eigenvalue weighted by Crippen LogP contribution is -2.07. The zero-order valence-corrected chi connectivity index (χ0v) is 24.5. The van der Waals surface area contributed by atoms with Crippen molar-refractivity contribution in [1.29, 1.82) is 0 Å². The molecule has 0 aliphatic rings. The summed E-state index contributed by atoms with van der Waals surface area (Å²) in [5.41, 5.74) is 3.31. The van der Waals surface area contributed by atoms with Crippen LogP contribution >= 0.6 is 33.2 Å². The Morgan fingerprint density at radius 2 is 1.56 bits per heavy atom. The predicted octanol–water partition coefficient (Wildman–Crippen LogP) is 9.40. The highest BCUT2D eigenvalue weighted by molar-refractivity contribution is 7.64. The van der Waals surface area contributed by atoms with Gasteiger partial charge in [0, 0.05) is 5.57 Å². The van der Waals surface area contributed by atoms with Crippen LogP contribution in [0.2, 0.25) is 6.04 Å². The van der Waals surface area contributed by atoms with Gasteiger partial charge in [0.05, 0.1) is 13.7 Å². The third-order valence-corrected chi connectivity index (χ3v) is 8.56. The maximum Gasteiger partial charge on any atom is 0.341 e. The van der Waals surface area contributed by atoms with Crippen LogP contribution in [-0.4, -0.2) is 30.8 Å². The van der Waals surface area contributed by atoms with Gasteiger partial charge in [-0.15, -0.1) is 33.2 Å². The van der Waals surface area contributed by atoms with E-state index in [1.165, 1.54) is 12.8 Å². The van der Waals surface area contributed by atoms with Gasteiger partial charge in [-0.25, -0.2) is 4.79 Å². The van der Waals surface area contributed by atoms with Crippen LogP contribution in [0, 0.1) is 0 Å². The lowest BCUT2D eigenvalue weighted by atomic mass is 10.0. The number of carboxylic acids is 1. The lowest BCUT2D eigenvalue weighted by molar-refractivity contribution is -0.132. The number of halogens is 3. The number of rotatable bonds is 17. The van der Waals surface area contributed by atoms with Crippen molar-refractivity contribution < 1.29 is 19.4 Å². The van der Waals surface area contributed by atoms with Crippen molar-refractivity contribution in [2.75, 3.05) is 13.7 Å².